The van der Waals surface area contributed by atoms with Gasteiger partial charge in [0.15, 0.2) is 0 Å². The van der Waals surface area contributed by atoms with Crippen molar-refractivity contribution in [3.8, 4) is 12.3 Å². The van der Waals surface area contributed by atoms with E-state index >= 15 is 0 Å². The van der Waals surface area contributed by atoms with Crippen LogP contribution in [0.25, 0.3) is 0 Å². The molecule has 0 aliphatic carbocycles. The fraction of sp³-hybridized carbons (Fsp3) is 0.846. The van der Waals surface area contributed by atoms with Crippen LogP contribution in [-0.2, 0) is 4.74 Å². The fourth-order valence-corrected chi connectivity index (χ4v) is 1.93. The van der Waals surface area contributed by atoms with E-state index in [0.29, 0.717) is 6.04 Å². The molecule has 0 saturated carbocycles. The third-order valence-electron chi connectivity index (χ3n) is 2.75. The summed E-state index contributed by atoms with van der Waals surface area (Å²) in [5, 5.41) is 0. The van der Waals surface area contributed by atoms with Crippen LogP contribution < -0.4 is 0 Å². The molecule has 0 radical (unpaired) electrons. The summed E-state index contributed by atoms with van der Waals surface area (Å²) < 4.78 is 5.83. The molecule has 1 rings (SSSR count). The van der Waals surface area contributed by atoms with Crippen LogP contribution in [0.2, 0.25) is 0 Å². The Morgan fingerprint density at radius 3 is 2.80 bits per heavy atom. The lowest BCUT2D eigenvalue weighted by atomic mass is 10.2. The molecule has 0 aromatic rings. The highest BCUT2D eigenvalue weighted by Gasteiger charge is 2.25. The lowest BCUT2D eigenvalue weighted by molar-refractivity contribution is -0.0279. The van der Waals surface area contributed by atoms with Gasteiger partial charge in [-0.2, -0.15) is 0 Å². The Morgan fingerprint density at radius 1 is 1.47 bits per heavy atom. The first-order valence-corrected chi connectivity index (χ1v) is 5.84. The summed E-state index contributed by atoms with van der Waals surface area (Å²) in [6.07, 6.45) is 8.67. The van der Waals surface area contributed by atoms with Gasteiger partial charge in [-0.05, 0) is 40.2 Å². The molecular weight excluding hydrogens is 186 g/mol. The standard InChI is InChI=1S/C13H23NO/c1-5-6-9-14-10-7-8-12(14)11-15-13(2,3)4/h1,12H,6-11H2,2-4H3/t12-/m0/s1. The number of ether oxygens (including phenoxy) is 1. The summed E-state index contributed by atoms with van der Waals surface area (Å²) in [4.78, 5) is 2.46. The first kappa shape index (κ1) is 12.5. The topological polar surface area (TPSA) is 12.5 Å². The minimum Gasteiger partial charge on any atom is -0.374 e. The van der Waals surface area contributed by atoms with Gasteiger partial charge in [0.1, 0.15) is 0 Å². The first-order valence-electron chi connectivity index (χ1n) is 5.84. The van der Waals surface area contributed by atoms with E-state index in [0.717, 1.165) is 19.6 Å². The molecule has 1 heterocycles. The van der Waals surface area contributed by atoms with E-state index in [2.05, 4.69) is 31.6 Å². The van der Waals surface area contributed by atoms with Crippen molar-refractivity contribution in [3.63, 3.8) is 0 Å². The average molecular weight is 209 g/mol. The molecule has 86 valence electrons. The molecule has 2 heteroatoms. The van der Waals surface area contributed by atoms with E-state index in [4.69, 9.17) is 11.2 Å². The molecule has 1 aliphatic rings. The molecule has 0 bridgehead atoms. The molecular formula is C13H23NO. The van der Waals surface area contributed by atoms with Crippen molar-refractivity contribution in [2.45, 2.75) is 51.7 Å². The lowest BCUT2D eigenvalue weighted by Crippen LogP contribution is -2.36. The van der Waals surface area contributed by atoms with Gasteiger partial charge >= 0.3 is 0 Å². The summed E-state index contributed by atoms with van der Waals surface area (Å²) in [6, 6.07) is 0.581. The third kappa shape index (κ3) is 4.68. The third-order valence-corrected chi connectivity index (χ3v) is 2.75. The van der Waals surface area contributed by atoms with Crippen molar-refractivity contribution >= 4 is 0 Å². The van der Waals surface area contributed by atoms with E-state index < -0.39 is 0 Å². The molecule has 15 heavy (non-hydrogen) atoms. The van der Waals surface area contributed by atoms with Gasteiger partial charge in [0.2, 0.25) is 0 Å². The number of hydrogen-bond donors (Lipinski definition) is 0. The molecule has 1 fully saturated rings. The second-order valence-corrected chi connectivity index (χ2v) is 5.21. The predicted octanol–water partition coefficient (Wildman–Crippen LogP) is 2.29. The van der Waals surface area contributed by atoms with Gasteiger partial charge in [-0.15, -0.1) is 12.3 Å². The Kier molecular flexibility index (Phi) is 4.63. The molecule has 2 nitrogen and oxygen atoms in total. The van der Waals surface area contributed by atoms with Crippen molar-refractivity contribution in [1.29, 1.82) is 0 Å². The maximum atomic E-state index is 5.83. The minimum atomic E-state index is -0.0274. The van der Waals surface area contributed by atoms with E-state index in [1.807, 2.05) is 0 Å². The zero-order chi connectivity index (χ0) is 11.3. The van der Waals surface area contributed by atoms with Gasteiger partial charge in [-0.25, -0.2) is 0 Å². The Labute approximate surface area is 94.0 Å². The maximum Gasteiger partial charge on any atom is 0.0628 e. The van der Waals surface area contributed by atoms with Crippen LogP contribution in [0.1, 0.15) is 40.0 Å². The fourth-order valence-electron chi connectivity index (χ4n) is 1.93. The second-order valence-electron chi connectivity index (χ2n) is 5.21. The molecule has 1 aliphatic heterocycles. The highest BCUT2D eigenvalue weighted by molar-refractivity contribution is 4.88. The Bertz CT molecular complexity index is 224. The van der Waals surface area contributed by atoms with Gasteiger partial charge in [0.05, 0.1) is 12.2 Å². The molecule has 1 atom stereocenters. The molecule has 0 aromatic carbocycles. The van der Waals surface area contributed by atoms with Gasteiger partial charge in [-0.3, -0.25) is 4.90 Å². The number of likely N-dealkylation sites (tertiary alicyclic amines) is 1. The second kappa shape index (κ2) is 5.53. The zero-order valence-electron chi connectivity index (χ0n) is 10.3. The summed E-state index contributed by atoms with van der Waals surface area (Å²) >= 11 is 0. The van der Waals surface area contributed by atoms with E-state index in [1.165, 1.54) is 19.4 Å². The molecule has 0 amide bonds. The van der Waals surface area contributed by atoms with Crippen molar-refractivity contribution in [1.82, 2.24) is 4.90 Å². The average Bonchev–Trinajstić information content (AvgIpc) is 2.57. The Balaban J connectivity index is 2.30. The quantitative estimate of drug-likeness (QED) is 0.659. The zero-order valence-corrected chi connectivity index (χ0v) is 10.3. The summed E-state index contributed by atoms with van der Waals surface area (Å²) in [7, 11) is 0. The van der Waals surface area contributed by atoms with Crippen molar-refractivity contribution in [3.05, 3.63) is 0 Å². The number of nitrogens with zero attached hydrogens (tertiary/aromatic N) is 1. The van der Waals surface area contributed by atoms with Crippen LogP contribution >= 0.6 is 0 Å². The molecule has 0 N–H and O–H groups in total. The number of hydrogen-bond acceptors (Lipinski definition) is 2. The number of rotatable bonds is 4. The van der Waals surface area contributed by atoms with E-state index in [9.17, 15) is 0 Å². The van der Waals surface area contributed by atoms with Gasteiger partial charge in [-0.1, -0.05) is 0 Å². The predicted molar refractivity (Wildman–Crippen MR) is 63.8 cm³/mol. The molecule has 0 unspecified atom stereocenters. The minimum absolute atomic E-state index is 0.0274. The SMILES string of the molecule is C#CCCN1CCC[C@H]1COC(C)(C)C. The smallest absolute Gasteiger partial charge is 0.0628 e. The van der Waals surface area contributed by atoms with Crippen LogP contribution in [-0.4, -0.2) is 36.2 Å². The van der Waals surface area contributed by atoms with Gasteiger partial charge < -0.3 is 4.74 Å². The van der Waals surface area contributed by atoms with Gasteiger partial charge in [0, 0.05) is 19.0 Å². The van der Waals surface area contributed by atoms with E-state index in [-0.39, 0.29) is 5.60 Å². The van der Waals surface area contributed by atoms with E-state index in [1.54, 1.807) is 0 Å². The van der Waals surface area contributed by atoms with Crippen molar-refractivity contribution in [2.24, 2.45) is 0 Å². The van der Waals surface area contributed by atoms with Crippen molar-refractivity contribution < 1.29 is 4.74 Å². The normalized spacial score (nSPS) is 22.9. The maximum absolute atomic E-state index is 5.83. The van der Waals surface area contributed by atoms with Crippen LogP contribution in [0.4, 0.5) is 0 Å². The highest BCUT2D eigenvalue weighted by Crippen LogP contribution is 2.19. The monoisotopic (exact) mass is 209 g/mol. The summed E-state index contributed by atoms with van der Waals surface area (Å²) in [5.74, 6) is 2.71. The van der Waals surface area contributed by atoms with Gasteiger partial charge in [0.25, 0.3) is 0 Å². The van der Waals surface area contributed by atoms with Crippen molar-refractivity contribution in [2.75, 3.05) is 19.7 Å². The van der Waals surface area contributed by atoms with Crippen LogP contribution in [0.3, 0.4) is 0 Å². The lowest BCUT2D eigenvalue weighted by Gasteiger charge is -2.27. The first-order chi connectivity index (χ1) is 7.03. The molecule has 0 aromatic heterocycles. The molecule has 0 spiro atoms. The van der Waals surface area contributed by atoms with Crippen LogP contribution in [0, 0.1) is 12.3 Å². The molecule has 1 saturated heterocycles. The Morgan fingerprint density at radius 2 is 2.20 bits per heavy atom. The van der Waals surface area contributed by atoms with Crippen LogP contribution in [0.15, 0.2) is 0 Å². The Hall–Kier alpha value is -0.520. The largest absolute Gasteiger partial charge is 0.374 e. The highest BCUT2D eigenvalue weighted by atomic mass is 16.5. The summed E-state index contributed by atoms with van der Waals surface area (Å²) in [6.45, 7) is 9.36. The van der Waals surface area contributed by atoms with Crippen LogP contribution in [0.5, 0.6) is 0 Å². The summed E-state index contributed by atoms with van der Waals surface area (Å²) in [5.41, 5.74) is -0.0274. The number of terminal acetylenes is 1.